The molecule has 2 aliphatic rings. The first-order valence-corrected chi connectivity index (χ1v) is 10.9. The number of amidine groups is 1. The largest absolute Gasteiger partial charge is 0.490 e. The Morgan fingerprint density at radius 2 is 2.04 bits per heavy atom. The second-order valence-electron chi connectivity index (χ2n) is 6.83. The maximum Gasteiger partial charge on any atom is 0.179 e. The van der Waals surface area contributed by atoms with Crippen LogP contribution in [0.4, 0.5) is 0 Å². The van der Waals surface area contributed by atoms with Gasteiger partial charge in [-0.15, -0.1) is 0 Å². The van der Waals surface area contributed by atoms with Gasteiger partial charge in [0.15, 0.2) is 16.7 Å². The highest BCUT2D eigenvalue weighted by molar-refractivity contribution is 8.14. The van der Waals surface area contributed by atoms with Crippen molar-refractivity contribution in [2.24, 2.45) is 4.99 Å². The zero-order valence-corrected chi connectivity index (χ0v) is 17.8. The highest BCUT2D eigenvalue weighted by Gasteiger charge is 2.44. The van der Waals surface area contributed by atoms with Crippen LogP contribution in [0.15, 0.2) is 41.5 Å². The van der Waals surface area contributed by atoms with Crippen LogP contribution in [0, 0.1) is 0 Å². The van der Waals surface area contributed by atoms with Crippen LogP contribution < -0.4 is 9.47 Å². The summed E-state index contributed by atoms with van der Waals surface area (Å²) in [6, 6.07) is 9.98. The Morgan fingerprint density at radius 3 is 2.75 bits per heavy atom. The van der Waals surface area contributed by atoms with Gasteiger partial charge in [-0.25, -0.2) is 0 Å². The van der Waals surface area contributed by atoms with Crippen molar-refractivity contribution in [2.75, 3.05) is 19.8 Å². The van der Waals surface area contributed by atoms with Gasteiger partial charge in [0.1, 0.15) is 6.04 Å². The molecule has 148 valence electrons. The first-order chi connectivity index (χ1) is 13.6. The van der Waals surface area contributed by atoms with Crippen molar-refractivity contribution in [3.63, 3.8) is 0 Å². The monoisotopic (exact) mass is 417 g/mol. The van der Waals surface area contributed by atoms with Crippen LogP contribution >= 0.6 is 23.4 Å². The van der Waals surface area contributed by atoms with Crippen LogP contribution in [0.5, 0.6) is 11.5 Å². The Kier molecular flexibility index (Phi) is 5.69. The van der Waals surface area contributed by atoms with E-state index >= 15 is 0 Å². The van der Waals surface area contributed by atoms with E-state index in [2.05, 4.69) is 16.8 Å². The van der Waals surface area contributed by atoms with Gasteiger partial charge in [0.25, 0.3) is 0 Å². The first-order valence-electron chi connectivity index (χ1n) is 9.63. The lowest BCUT2D eigenvalue weighted by molar-refractivity contribution is 0.284. The molecule has 0 bridgehead atoms. The number of benzene rings is 1. The quantitative estimate of drug-likeness (QED) is 0.652. The van der Waals surface area contributed by atoms with Gasteiger partial charge in [-0.3, -0.25) is 9.98 Å². The fourth-order valence-electron chi connectivity index (χ4n) is 3.78. The molecule has 0 saturated carbocycles. The van der Waals surface area contributed by atoms with Gasteiger partial charge in [0.05, 0.1) is 30.0 Å². The summed E-state index contributed by atoms with van der Waals surface area (Å²) >= 11 is 8.43. The number of rotatable bonds is 6. The SMILES string of the molecule is CCOc1cc(C2C(c3ccccn3)N=C3SC(C)CN32)cc(Cl)c1OCC. The number of thioether (sulfide) groups is 1. The number of pyridine rings is 1. The fourth-order valence-corrected chi connectivity index (χ4v) is 5.15. The molecular formula is C21H24ClN3O2S. The number of nitrogens with zero attached hydrogens (tertiary/aromatic N) is 3. The third-order valence-electron chi connectivity index (χ3n) is 4.84. The Balaban J connectivity index is 1.79. The molecule has 3 unspecified atom stereocenters. The highest BCUT2D eigenvalue weighted by Crippen LogP contribution is 2.49. The van der Waals surface area contributed by atoms with Gasteiger partial charge in [0, 0.05) is 18.0 Å². The van der Waals surface area contributed by atoms with E-state index in [-0.39, 0.29) is 12.1 Å². The molecule has 7 heteroatoms. The third kappa shape index (κ3) is 3.55. The summed E-state index contributed by atoms with van der Waals surface area (Å²) in [4.78, 5) is 12.0. The van der Waals surface area contributed by atoms with Crippen LogP contribution in [0.3, 0.4) is 0 Å². The molecule has 2 aliphatic heterocycles. The highest BCUT2D eigenvalue weighted by atomic mass is 35.5. The van der Waals surface area contributed by atoms with Gasteiger partial charge in [-0.1, -0.05) is 36.4 Å². The third-order valence-corrected chi connectivity index (χ3v) is 6.23. The molecule has 2 aromatic rings. The van der Waals surface area contributed by atoms with E-state index in [9.17, 15) is 0 Å². The molecule has 1 aromatic carbocycles. The standard InChI is InChI=1S/C21H24ClN3O2S/c1-4-26-17-11-14(10-15(22)20(17)27-5-2)19-18(16-8-6-7-9-23-16)24-21-25(19)12-13(3)28-21/h6-11,13,18-19H,4-5,12H2,1-3H3. The molecule has 0 amide bonds. The number of hydrogen-bond donors (Lipinski definition) is 0. The lowest BCUT2D eigenvalue weighted by atomic mass is 9.96. The first kappa shape index (κ1) is 19.4. The van der Waals surface area contributed by atoms with Gasteiger partial charge in [-0.2, -0.15) is 0 Å². The van der Waals surface area contributed by atoms with Gasteiger partial charge < -0.3 is 14.4 Å². The van der Waals surface area contributed by atoms with Crippen molar-refractivity contribution < 1.29 is 9.47 Å². The summed E-state index contributed by atoms with van der Waals surface area (Å²) in [7, 11) is 0. The van der Waals surface area contributed by atoms with E-state index in [0.29, 0.717) is 35.0 Å². The number of aliphatic imine (C=N–C) groups is 1. The normalized spacial score (nSPS) is 23.5. The molecule has 0 aliphatic carbocycles. The molecule has 0 N–H and O–H groups in total. The summed E-state index contributed by atoms with van der Waals surface area (Å²) < 4.78 is 11.6. The van der Waals surface area contributed by atoms with Gasteiger partial charge in [-0.05, 0) is 43.7 Å². The average Bonchev–Trinajstić information content (AvgIpc) is 3.21. The van der Waals surface area contributed by atoms with Crippen molar-refractivity contribution in [1.29, 1.82) is 0 Å². The molecule has 0 spiro atoms. The zero-order valence-electron chi connectivity index (χ0n) is 16.3. The van der Waals surface area contributed by atoms with Crippen LogP contribution in [0.1, 0.15) is 44.1 Å². The van der Waals surface area contributed by atoms with E-state index in [1.54, 1.807) is 0 Å². The maximum atomic E-state index is 6.61. The van der Waals surface area contributed by atoms with Gasteiger partial charge >= 0.3 is 0 Å². The molecule has 1 saturated heterocycles. The van der Waals surface area contributed by atoms with Gasteiger partial charge in [0.2, 0.25) is 0 Å². The molecule has 4 rings (SSSR count). The van der Waals surface area contributed by atoms with E-state index < -0.39 is 0 Å². The second-order valence-corrected chi connectivity index (χ2v) is 8.65. The Hall–Kier alpha value is -1.92. The van der Waals surface area contributed by atoms with Crippen LogP contribution in [0.25, 0.3) is 0 Å². The Bertz CT molecular complexity index is 877. The van der Waals surface area contributed by atoms with Crippen molar-refractivity contribution in [3.8, 4) is 11.5 Å². The number of halogens is 1. The minimum absolute atomic E-state index is 0.0368. The minimum Gasteiger partial charge on any atom is -0.490 e. The summed E-state index contributed by atoms with van der Waals surface area (Å²) in [5.74, 6) is 1.28. The molecule has 1 fully saturated rings. The smallest absolute Gasteiger partial charge is 0.179 e. The molecule has 5 nitrogen and oxygen atoms in total. The van der Waals surface area contributed by atoms with Crippen LogP contribution in [0.2, 0.25) is 5.02 Å². The fraction of sp³-hybridized carbons (Fsp3) is 0.429. The lowest BCUT2D eigenvalue weighted by Crippen LogP contribution is -2.28. The topological polar surface area (TPSA) is 47.0 Å². The second kappa shape index (κ2) is 8.21. The number of aromatic nitrogens is 1. The Morgan fingerprint density at radius 1 is 1.21 bits per heavy atom. The lowest BCUT2D eigenvalue weighted by Gasteiger charge is -2.28. The summed E-state index contributed by atoms with van der Waals surface area (Å²) in [6.45, 7) is 8.17. The van der Waals surface area contributed by atoms with E-state index in [4.69, 9.17) is 26.1 Å². The predicted octanol–water partition coefficient (Wildman–Crippen LogP) is 5.12. The predicted molar refractivity (Wildman–Crippen MR) is 115 cm³/mol. The average molecular weight is 418 g/mol. The molecule has 0 radical (unpaired) electrons. The summed E-state index contributed by atoms with van der Waals surface area (Å²) in [5.41, 5.74) is 2.03. The van der Waals surface area contributed by atoms with E-state index in [1.807, 2.05) is 62.1 Å². The van der Waals surface area contributed by atoms with Crippen molar-refractivity contribution >= 4 is 28.5 Å². The number of ether oxygens (including phenoxy) is 2. The molecule has 1 aromatic heterocycles. The van der Waals surface area contributed by atoms with E-state index in [1.165, 1.54) is 0 Å². The zero-order chi connectivity index (χ0) is 19.7. The number of fused-ring (bicyclic) bond motifs is 1. The molecular weight excluding hydrogens is 394 g/mol. The Labute approximate surface area is 175 Å². The molecule has 28 heavy (non-hydrogen) atoms. The minimum atomic E-state index is -0.0697. The number of hydrogen-bond acceptors (Lipinski definition) is 6. The summed E-state index contributed by atoms with van der Waals surface area (Å²) in [6.07, 6.45) is 1.82. The maximum absolute atomic E-state index is 6.61. The van der Waals surface area contributed by atoms with Crippen LogP contribution in [-0.2, 0) is 0 Å². The van der Waals surface area contributed by atoms with Crippen LogP contribution in [-0.4, -0.2) is 40.1 Å². The molecule has 3 heterocycles. The van der Waals surface area contributed by atoms with Crippen molar-refractivity contribution in [1.82, 2.24) is 9.88 Å². The molecule has 3 atom stereocenters. The summed E-state index contributed by atoms with van der Waals surface area (Å²) in [5, 5.41) is 2.16. The van der Waals surface area contributed by atoms with Crippen molar-refractivity contribution in [2.45, 2.75) is 38.1 Å². The van der Waals surface area contributed by atoms with Crippen molar-refractivity contribution in [3.05, 3.63) is 52.8 Å². The van der Waals surface area contributed by atoms with E-state index in [0.717, 1.165) is 23.0 Å².